The van der Waals surface area contributed by atoms with Crippen molar-refractivity contribution in [2.45, 2.75) is 26.7 Å². The van der Waals surface area contributed by atoms with Crippen LogP contribution in [0.4, 0.5) is 5.69 Å². The van der Waals surface area contributed by atoms with Gasteiger partial charge in [-0.3, -0.25) is 18.7 Å². The summed E-state index contributed by atoms with van der Waals surface area (Å²) in [7, 11) is 2.97. The fourth-order valence-corrected chi connectivity index (χ4v) is 2.36. The Hall–Kier alpha value is -2.44. The molecule has 0 aliphatic heterocycles. The Morgan fingerprint density at radius 1 is 1.32 bits per heavy atom. The lowest BCUT2D eigenvalue weighted by Crippen LogP contribution is -2.37. The van der Waals surface area contributed by atoms with E-state index in [1.807, 2.05) is 13.8 Å². The summed E-state index contributed by atoms with van der Waals surface area (Å²) >= 11 is 0. The molecule has 0 aromatic carbocycles. The molecule has 0 bridgehead atoms. The fourth-order valence-electron chi connectivity index (χ4n) is 2.36. The molecule has 2 aromatic rings. The number of carbonyl (C=O) groups excluding carboxylic acids is 1. The lowest BCUT2D eigenvalue weighted by Gasteiger charge is -2.12. The summed E-state index contributed by atoms with van der Waals surface area (Å²) in [5.41, 5.74) is -0.106. The highest BCUT2D eigenvalue weighted by molar-refractivity contribution is 5.93. The van der Waals surface area contributed by atoms with E-state index in [0.29, 0.717) is 16.7 Å². The number of nitrogens with zero attached hydrogens (tertiary/aromatic N) is 3. The number of aryl methyl sites for hydroxylation is 1. The first-order chi connectivity index (χ1) is 10.4. The van der Waals surface area contributed by atoms with E-state index in [1.54, 1.807) is 13.1 Å². The molecule has 0 spiro atoms. The van der Waals surface area contributed by atoms with Gasteiger partial charge in [-0.1, -0.05) is 20.3 Å². The predicted octanol–water partition coefficient (Wildman–Crippen LogP) is 1.01. The molecule has 0 radical (unpaired) electrons. The van der Waals surface area contributed by atoms with E-state index in [1.165, 1.54) is 17.8 Å². The smallest absolute Gasteiger partial charge is 0.324 e. The third-order valence-corrected chi connectivity index (χ3v) is 3.73. The summed E-state index contributed by atoms with van der Waals surface area (Å²) in [6, 6.07) is 1.56. The highest BCUT2D eigenvalue weighted by atomic mass is 16.2. The van der Waals surface area contributed by atoms with Crippen LogP contribution < -0.4 is 16.6 Å². The summed E-state index contributed by atoms with van der Waals surface area (Å²) < 4.78 is 2.33. The van der Waals surface area contributed by atoms with Gasteiger partial charge in [-0.25, -0.2) is 9.78 Å². The lowest BCUT2D eigenvalue weighted by molar-refractivity contribution is -0.119. The van der Waals surface area contributed by atoms with Crippen molar-refractivity contribution in [3.8, 4) is 0 Å². The number of nitrogens with one attached hydrogen (secondary N) is 1. The van der Waals surface area contributed by atoms with Crippen LogP contribution >= 0.6 is 0 Å². The Morgan fingerprint density at radius 2 is 2.00 bits per heavy atom. The molecule has 22 heavy (non-hydrogen) atoms. The zero-order chi connectivity index (χ0) is 16.4. The van der Waals surface area contributed by atoms with E-state index in [9.17, 15) is 14.4 Å². The minimum Gasteiger partial charge on any atom is -0.324 e. The number of amides is 1. The van der Waals surface area contributed by atoms with Gasteiger partial charge in [0.2, 0.25) is 5.91 Å². The average Bonchev–Trinajstić information content (AvgIpc) is 2.51. The lowest BCUT2D eigenvalue weighted by atomic mass is 10.1. The number of anilines is 1. The van der Waals surface area contributed by atoms with Crippen LogP contribution in [0, 0.1) is 5.92 Å². The zero-order valence-corrected chi connectivity index (χ0v) is 13.2. The van der Waals surface area contributed by atoms with E-state index in [4.69, 9.17) is 0 Å². The van der Waals surface area contributed by atoms with Crippen LogP contribution in [0.2, 0.25) is 0 Å². The molecule has 1 atom stereocenters. The molecule has 2 aromatic heterocycles. The highest BCUT2D eigenvalue weighted by Gasteiger charge is 2.14. The van der Waals surface area contributed by atoms with Crippen LogP contribution in [-0.2, 0) is 18.9 Å². The van der Waals surface area contributed by atoms with E-state index < -0.39 is 11.2 Å². The summed E-state index contributed by atoms with van der Waals surface area (Å²) in [5, 5.41) is 3.06. The third kappa shape index (κ3) is 2.79. The number of hydrogen-bond acceptors (Lipinski definition) is 4. The topological polar surface area (TPSA) is 86.0 Å². The van der Waals surface area contributed by atoms with Crippen molar-refractivity contribution in [2.24, 2.45) is 20.0 Å². The van der Waals surface area contributed by atoms with E-state index in [2.05, 4.69) is 10.3 Å². The van der Waals surface area contributed by atoms with Gasteiger partial charge in [-0.05, 0) is 12.5 Å². The molecule has 1 amide bonds. The van der Waals surface area contributed by atoms with Crippen molar-refractivity contribution >= 4 is 22.6 Å². The third-order valence-electron chi connectivity index (χ3n) is 3.73. The SMILES string of the molecule is CCCC(C)C(=O)Nc1cnc2c(c1)c(=O)n(C)c(=O)n2C. The maximum absolute atomic E-state index is 12.2. The van der Waals surface area contributed by atoms with Crippen molar-refractivity contribution in [1.29, 1.82) is 0 Å². The van der Waals surface area contributed by atoms with Gasteiger partial charge in [0.05, 0.1) is 17.3 Å². The maximum atomic E-state index is 12.2. The maximum Gasteiger partial charge on any atom is 0.332 e. The molecule has 2 rings (SSSR count). The van der Waals surface area contributed by atoms with Crippen molar-refractivity contribution in [2.75, 3.05) is 5.32 Å². The second-order valence-corrected chi connectivity index (χ2v) is 5.48. The largest absolute Gasteiger partial charge is 0.332 e. The number of carbonyl (C=O) groups is 1. The first-order valence-corrected chi connectivity index (χ1v) is 7.23. The van der Waals surface area contributed by atoms with Gasteiger partial charge < -0.3 is 5.32 Å². The summed E-state index contributed by atoms with van der Waals surface area (Å²) in [4.78, 5) is 40.2. The highest BCUT2D eigenvalue weighted by Crippen LogP contribution is 2.14. The van der Waals surface area contributed by atoms with Gasteiger partial charge in [-0.2, -0.15) is 0 Å². The Morgan fingerprint density at radius 3 is 2.64 bits per heavy atom. The molecule has 0 saturated carbocycles. The molecular weight excluding hydrogens is 284 g/mol. The second kappa shape index (κ2) is 6.13. The molecule has 0 aliphatic carbocycles. The average molecular weight is 304 g/mol. The molecule has 0 saturated heterocycles. The van der Waals surface area contributed by atoms with Gasteiger partial charge in [0.1, 0.15) is 5.65 Å². The summed E-state index contributed by atoms with van der Waals surface area (Å²) in [5.74, 6) is -0.215. The molecule has 1 unspecified atom stereocenters. The van der Waals surface area contributed by atoms with Crippen LogP contribution in [0.25, 0.3) is 11.0 Å². The van der Waals surface area contributed by atoms with Crippen LogP contribution in [0.1, 0.15) is 26.7 Å². The van der Waals surface area contributed by atoms with E-state index in [-0.39, 0.29) is 11.8 Å². The first kappa shape index (κ1) is 15.9. The molecule has 0 aliphatic rings. The molecule has 2 heterocycles. The standard InChI is InChI=1S/C15H20N4O3/c1-5-6-9(2)13(20)17-10-7-11-12(16-8-10)18(3)15(22)19(4)14(11)21/h7-9H,5-6H2,1-4H3,(H,17,20). The van der Waals surface area contributed by atoms with Crippen LogP contribution in [0.15, 0.2) is 21.9 Å². The normalized spacial score (nSPS) is 12.4. The Balaban J connectivity index is 2.46. The minimum atomic E-state index is -0.432. The van der Waals surface area contributed by atoms with Crippen molar-refractivity contribution in [1.82, 2.24) is 14.1 Å². The number of pyridine rings is 1. The van der Waals surface area contributed by atoms with Gasteiger partial charge >= 0.3 is 5.69 Å². The number of aromatic nitrogens is 3. The van der Waals surface area contributed by atoms with Gasteiger partial charge in [0.25, 0.3) is 5.56 Å². The Labute approximate surface area is 127 Å². The Kier molecular flexibility index (Phi) is 4.44. The van der Waals surface area contributed by atoms with Crippen LogP contribution in [0.3, 0.4) is 0 Å². The second-order valence-electron chi connectivity index (χ2n) is 5.48. The van der Waals surface area contributed by atoms with Crippen LogP contribution in [0.5, 0.6) is 0 Å². The molecule has 118 valence electrons. The minimum absolute atomic E-state index is 0.107. The fraction of sp³-hybridized carbons (Fsp3) is 0.467. The molecule has 7 heteroatoms. The zero-order valence-electron chi connectivity index (χ0n) is 13.2. The number of hydrogen-bond donors (Lipinski definition) is 1. The van der Waals surface area contributed by atoms with Crippen LogP contribution in [-0.4, -0.2) is 20.0 Å². The van der Waals surface area contributed by atoms with E-state index >= 15 is 0 Å². The van der Waals surface area contributed by atoms with E-state index in [0.717, 1.165) is 17.4 Å². The first-order valence-electron chi connectivity index (χ1n) is 7.23. The van der Waals surface area contributed by atoms with Crippen molar-refractivity contribution in [3.63, 3.8) is 0 Å². The molecule has 7 nitrogen and oxygen atoms in total. The van der Waals surface area contributed by atoms with Crippen molar-refractivity contribution in [3.05, 3.63) is 33.1 Å². The molecule has 0 fully saturated rings. The number of fused-ring (bicyclic) bond motifs is 1. The summed E-state index contributed by atoms with van der Waals surface area (Å²) in [6.45, 7) is 3.88. The molecular formula is C15H20N4O3. The van der Waals surface area contributed by atoms with Gasteiger partial charge in [0, 0.05) is 20.0 Å². The monoisotopic (exact) mass is 304 g/mol. The molecule has 1 N–H and O–H groups in total. The van der Waals surface area contributed by atoms with Gasteiger partial charge in [-0.15, -0.1) is 0 Å². The summed E-state index contributed by atoms with van der Waals surface area (Å²) in [6.07, 6.45) is 3.17. The van der Waals surface area contributed by atoms with Crippen molar-refractivity contribution < 1.29 is 4.79 Å². The van der Waals surface area contributed by atoms with Gasteiger partial charge in [0.15, 0.2) is 0 Å². The Bertz CT molecular complexity index is 835. The quantitative estimate of drug-likeness (QED) is 0.913. The number of rotatable bonds is 4. The predicted molar refractivity (Wildman–Crippen MR) is 84.9 cm³/mol.